The van der Waals surface area contributed by atoms with Gasteiger partial charge in [0.05, 0.1) is 16.1 Å². The molecule has 1 aliphatic rings. The number of amides is 2. The Bertz CT molecular complexity index is 1050. The quantitative estimate of drug-likeness (QED) is 0.340. The molecule has 2 aromatic rings. The van der Waals surface area contributed by atoms with E-state index in [4.69, 9.17) is 28.9 Å². The second kappa shape index (κ2) is 13.9. The summed E-state index contributed by atoms with van der Waals surface area (Å²) in [5.74, 6) is -0.507. The van der Waals surface area contributed by atoms with E-state index in [1.54, 1.807) is 37.4 Å². The average Bonchev–Trinajstić information content (AvgIpc) is 2.88. The molecule has 0 radical (unpaired) electrons. The van der Waals surface area contributed by atoms with Crippen molar-refractivity contribution < 1.29 is 14.0 Å². The maximum atomic E-state index is 14.1. The largest absolute Gasteiger partial charge is 0.350 e. The molecule has 9 heteroatoms. The molecule has 3 rings (SSSR count). The summed E-state index contributed by atoms with van der Waals surface area (Å²) in [6, 6.07) is 8.58. The molecule has 0 bridgehead atoms. The predicted octanol–water partition coefficient (Wildman–Crippen LogP) is 4.49. The minimum Gasteiger partial charge on any atom is -0.350 e. The molecule has 196 valence electrons. The van der Waals surface area contributed by atoms with Gasteiger partial charge in [-0.2, -0.15) is 0 Å². The Morgan fingerprint density at radius 1 is 1.00 bits per heavy atom. The number of hydrogen-bond donors (Lipinski definition) is 4. The van der Waals surface area contributed by atoms with Gasteiger partial charge in [0, 0.05) is 25.1 Å². The number of rotatable bonds is 11. The van der Waals surface area contributed by atoms with Crippen LogP contribution in [0.25, 0.3) is 0 Å². The van der Waals surface area contributed by atoms with E-state index in [1.165, 1.54) is 25.3 Å². The van der Waals surface area contributed by atoms with Gasteiger partial charge >= 0.3 is 0 Å². The van der Waals surface area contributed by atoms with Crippen LogP contribution < -0.4 is 21.7 Å². The third kappa shape index (κ3) is 8.17. The third-order valence-corrected chi connectivity index (χ3v) is 7.56. The van der Waals surface area contributed by atoms with Crippen LogP contribution in [0.5, 0.6) is 0 Å². The molecule has 1 fully saturated rings. The summed E-state index contributed by atoms with van der Waals surface area (Å²) < 4.78 is 14.1. The first kappa shape index (κ1) is 28.4. The topological polar surface area (TPSA) is 96.2 Å². The van der Waals surface area contributed by atoms with Crippen molar-refractivity contribution in [2.75, 3.05) is 7.05 Å². The van der Waals surface area contributed by atoms with E-state index in [0.29, 0.717) is 27.1 Å². The van der Waals surface area contributed by atoms with Gasteiger partial charge in [-0.25, -0.2) is 4.39 Å². The molecule has 6 nitrogen and oxygen atoms in total. The number of carbonyl (C=O) groups is 2. The second-order valence-electron chi connectivity index (χ2n) is 9.44. The normalized spacial score (nSPS) is 15.8. The van der Waals surface area contributed by atoms with Crippen LogP contribution in [0, 0.1) is 11.7 Å². The van der Waals surface area contributed by atoms with Gasteiger partial charge in [0.1, 0.15) is 11.9 Å². The number of benzene rings is 2. The lowest BCUT2D eigenvalue weighted by Crippen LogP contribution is -2.53. The summed E-state index contributed by atoms with van der Waals surface area (Å²) in [4.78, 5) is 26.4. The maximum Gasteiger partial charge on any atom is 0.243 e. The fraction of sp³-hybridized carbons (Fsp3) is 0.481. The van der Waals surface area contributed by atoms with Crippen LogP contribution >= 0.6 is 23.2 Å². The van der Waals surface area contributed by atoms with Gasteiger partial charge in [0.15, 0.2) is 0 Å². The molecule has 2 aromatic carbocycles. The Morgan fingerprint density at radius 2 is 1.72 bits per heavy atom. The minimum absolute atomic E-state index is 0.101. The fourth-order valence-corrected chi connectivity index (χ4v) is 5.00. The number of halogens is 3. The standard InChI is InChI=1S/C27H35Cl2FN4O2/c1-32-24(13-17-5-3-2-4-6-17)27(36)34-25(14-18-8-10-21(28)22(29)11-18)26(35)33-16-19-7-9-20(15-31)23(30)12-19/h7-12,17,24-25,32H,2-6,13-16,31H2,1H3,(H,33,35)(H,34,36)/t24-,25+/m1/s1. The van der Waals surface area contributed by atoms with Crippen molar-refractivity contribution in [2.45, 2.75) is 70.1 Å². The molecule has 0 aliphatic heterocycles. The number of nitrogens with two attached hydrogens (primary N) is 1. The Balaban J connectivity index is 1.71. The molecule has 0 spiro atoms. The van der Waals surface area contributed by atoms with Crippen LogP contribution in [0.3, 0.4) is 0 Å². The molecule has 1 aliphatic carbocycles. The van der Waals surface area contributed by atoms with Gasteiger partial charge in [-0.3, -0.25) is 9.59 Å². The predicted molar refractivity (Wildman–Crippen MR) is 142 cm³/mol. The Kier molecular flexibility index (Phi) is 11.0. The van der Waals surface area contributed by atoms with E-state index in [-0.39, 0.29) is 31.3 Å². The van der Waals surface area contributed by atoms with Crippen LogP contribution in [-0.4, -0.2) is 30.9 Å². The third-order valence-electron chi connectivity index (χ3n) is 6.82. The molecule has 0 aromatic heterocycles. The van der Waals surface area contributed by atoms with E-state index in [0.717, 1.165) is 24.8 Å². The van der Waals surface area contributed by atoms with Crippen LogP contribution in [0.15, 0.2) is 36.4 Å². The lowest BCUT2D eigenvalue weighted by molar-refractivity contribution is -0.130. The van der Waals surface area contributed by atoms with Crippen molar-refractivity contribution >= 4 is 35.0 Å². The number of likely N-dealkylation sites (N-methyl/N-ethyl adjacent to an activating group) is 1. The van der Waals surface area contributed by atoms with Crippen molar-refractivity contribution in [3.63, 3.8) is 0 Å². The highest BCUT2D eigenvalue weighted by Crippen LogP contribution is 2.27. The van der Waals surface area contributed by atoms with E-state index in [1.807, 2.05) is 0 Å². The number of carbonyl (C=O) groups excluding carboxylic acids is 2. The van der Waals surface area contributed by atoms with Gasteiger partial charge in [-0.05, 0) is 48.7 Å². The number of nitrogens with one attached hydrogen (secondary N) is 3. The Morgan fingerprint density at radius 3 is 2.36 bits per heavy atom. The lowest BCUT2D eigenvalue weighted by atomic mass is 9.84. The van der Waals surface area contributed by atoms with Crippen LogP contribution in [0.2, 0.25) is 10.0 Å². The smallest absolute Gasteiger partial charge is 0.243 e. The zero-order chi connectivity index (χ0) is 26.1. The summed E-state index contributed by atoms with van der Waals surface area (Å²) in [6.07, 6.45) is 6.84. The summed E-state index contributed by atoms with van der Waals surface area (Å²) in [5.41, 5.74) is 7.29. The van der Waals surface area contributed by atoms with Gasteiger partial charge in [0.25, 0.3) is 0 Å². The van der Waals surface area contributed by atoms with E-state index >= 15 is 0 Å². The lowest BCUT2D eigenvalue weighted by Gasteiger charge is -2.27. The van der Waals surface area contributed by atoms with Gasteiger partial charge in [-0.15, -0.1) is 0 Å². The number of hydrogen-bond acceptors (Lipinski definition) is 4. The van der Waals surface area contributed by atoms with Crippen LogP contribution in [-0.2, 0) is 29.1 Å². The van der Waals surface area contributed by atoms with Crippen molar-refractivity contribution in [1.29, 1.82) is 0 Å². The monoisotopic (exact) mass is 536 g/mol. The molecular weight excluding hydrogens is 502 g/mol. The summed E-state index contributed by atoms with van der Waals surface area (Å²) in [6.45, 7) is 0.218. The van der Waals surface area contributed by atoms with Gasteiger partial charge in [-0.1, -0.05) is 73.5 Å². The molecule has 36 heavy (non-hydrogen) atoms. The molecule has 0 heterocycles. The van der Waals surface area contributed by atoms with Gasteiger partial charge < -0.3 is 21.7 Å². The first-order chi connectivity index (χ1) is 17.3. The highest BCUT2D eigenvalue weighted by molar-refractivity contribution is 6.42. The molecule has 0 saturated heterocycles. The SMILES string of the molecule is CN[C@H](CC1CCCCC1)C(=O)N[C@@H](Cc1ccc(Cl)c(Cl)c1)C(=O)NCc1ccc(CN)c(F)c1. The minimum atomic E-state index is -0.842. The maximum absolute atomic E-state index is 14.1. The van der Waals surface area contributed by atoms with Crippen molar-refractivity contribution in [3.05, 3.63) is 69.0 Å². The summed E-state index contributed by atoms with van der Waals surface area (Å²) in [5, 5.41) is 9.65. The molecule has 0 unspecified atom stereocenters. The Hall–Kier alpha value is -2.19. The Labute approximate surface area is 222 Å². The average molecular weight is 538 g/mol. The molecular formula is C27H35Cl2FN4O2. The van der Waals surface area contributed by atoms with Crippen molar-refractivity contribution in [1.82, 2.24) is 16.0 Å². The van der Waals surface area contributed by atoms with Crippen LogP contribution in [0.4, 0.5) is 4.39 Å². The highest BCUT2D eigenvalue weighted by atomic mass is 35.5. The van der Waals surface area contributed by atoms with E-state index < -0.39 is 17.9 Å². The first-order valence-electron chi connectivity index (χ1n) is 12.5. The first-order valence-corrected chi connectivity index (χ1v) is 13.2. The zero-order valence-electron chi connectivity index (χ0n) is 20.6. The summed E-state index contributed by atoms with van der Waals surface area (Å²) >= 11 is 12.2. The van der Waals surface area contributed by atoms with E-state index in [2.05, 4.69) is 16.0 Å². The second-order valence-corrected chi connectivity index (χ2v) is 10.3. The van der Waals surface area contributed by atoms with Crippen LogP contribution in [0.1, 0.15) is 55.2 Å². The molecule has 5 N–H and O–H groups in total. The fourth-order valence-electron chi connectivity index (χ4n) is 4.67. The summed E-state index contributed by atoms with van der Waals surface area (Å²) in [7, 11) is 1.76. The van der Waals surface area contributed by atoms with E-state index in [9.17, 15) is 14.0 Å². The molecule has 2 amide bonds. The van der Waals surface area contributed by atoms with Gasteiger partial charge in [0.2, 0.25) is 11.8 Å². The van der Waals surface area contributed by atoms with Crippen molar-refractivity contribution in [2.24, 2.45) is 11.7 Å². The van der Waals surface area contributed by atoms with Crippen molar-refractivity contribution in [3.8, 4) is 0 Å². The molecule has 1 saturated carbocycles. The molecule has 2 atom stereocenters. The zero-order valence-corrected chi connectivity index (χ0v) is 22.1. The highest BCUT2D eigenvalue weighted by Gasteiger charge is 2.28.